The highest BCUT2D eigenvalue weighted by atomic mass is 16.7. The zero-order valence-corrected chi connectivity index (χ0v) is 19.5. The van der Waals surface area contributed by atoms with Crippen molar-refractivity contribution in [3.63, 3.8) is 0 Å². The third-order valence-corrected chi connectivity index (χ3v) is 7.06. The molecule has 0 spiro atoms. The molecule has 0 aliphatic carbocycles. The number of nitrogens with zero attached hydrogens (tertiary/aromatic N) is 2. The summed E-state index contributed by atoms with van der Waals surface area (Å²) in [5, 5.41) is 3.06. The van der Waals surface area contributed by atoms with Gasteiger partial charge in [0.25, 0.3) is 5.91 Å². The number of ether oxygens (including phenoxy) is 2. The summed E-state index contributed by atoms with van der Waals surface area (Å²) in [6.07, 6.45) is 3.43. The maximum atomic E-state index is 13.2. The number of amides is 3. The molecule has 2 fully saturated rings. The summed E-state index contributed by atoms with van der Waals surface area (Å²) in [7, 11) is 0. The first kappa shape index (κ1) is 22.6. The fourth-order valence-corrected chi connectivity index (χ4v) is 5.45. The summed E-state index contributed by atoms with van der Waals surface area (Å²) in [6, 6.07) is 5.91. The fraction of sp³-hybridized carbons (Fsp3) is 0.600. The van der Waals surface area contributed by atoms with Crippen molar-refractivity contribution in [3.05, 3.63) is 35.9 Å². The molecule has 174 valence electrons. The largest absolute Gasteiger partial charge is 0.454 e. The lowest BCUT2D eigenvalue weighted by Crippen LogP contribution is -2.56. The Bertz CT molecular complexity index is 893. The van der Waals surface area contributed by atoms with Crippen LogP contribution in [0.25, 0.3) is 0 Å². The average molecular weight is 442 g/mol. The number of urea groups is 1. The number of carbonyl (C=O) groups is 2. The molecular weight excluding hydrogens is 406 g/mol. The van der Waals surface area contributed by atoms with Crippen LogP contribution in [0.3, 0.4) is 0 Å². The molecule has 3 amide bonds. The van der Waals surface area contributed by atoms with Gasteiger partial charge >= 0.3 is 6.03 Å². The van der Waals surface area contributed by atoms with Gasteiger partial charge in [0.05, 0.1) is 6.54 Å². The van der Waals surface area contributed by atoms with Gasteiger partial charge in [-0.1, -0.05) is 32.1 Å². The van der Waals surface area contributed by atoms with E-state index in [9.17, 15) is 9.59 Å². The number of imide groups is 1. The van der Waals surface area contributed by atoms with Gasteiger partial charge in [0, 0.05) is 6.54 Å². The highest BCUT2D eigenvalue weighted by Crippen LogP contribution is 2.37. The van der Waals surface area contributed by atoms with E-state index in [4.69, 9.17) is 9.47 Å². The summed E-state index contributed by atoms with van der Waals surface area (Å²) in [6.45, 7) is 13.5. The first-order valence-electron chi connectivity index (χ1n) is 11.7. The highest BCUT2D eigenvalue weighted by molar-refractivity contribution is 6.07. The SMILES string of the molecule is C=C(C)CN1C(=O)N[C@@](CC)(C2CCN(C[C@H](C)Cc3ccc4c(c3)OCO4)CC2)C1=O. The molecule has 4 rings (SSSR count). The lowest BCUT2D eigenvalue weighted by Gasteiger charge is -2.41. The minimum atomic E-state index is -0.767. The van der Waals surface area contributed by atoms with Gasteiger partial charge in [0.15, 0.2) is 11.5 Å². The number of carbonyl (C=O) groups excluding carboxylic acids is 2. The van der Waals surface area contributed by atoms with Crippen LogP contribution in [0.5, 0.6) is 11.5 Å². The summed E-state index contributed by atoms with van der Waals surface area (Å²) in [4.78, 5) is 29.6. The summed E-state index contributed by atoms with van der Waals surface area (Å²) in [5.74, 6) is 2.25. The molecule has 2 atom stereocenters. The molecule has 0 radical (unpaired) electrons. The molecule has 3 aliphatic rings. The van der Waals surface area contributed by atoms with Crippen molar-refractivity contribution >= 4 is 11.9 Å². The van der Waals surface area contributed by atoms with Crippen LogP contribution >= 0.6 is 0 Å². The number of benzene rings is 1. The van der Waals surface area contributed by atoms with E-state index in [1.165, 1.54) is 10.5 Å². The van der Waals surface area contributed by atoms with E-state index in [1.807, 2.05) is 19.9 Å². The molecule has 0 bridgehead atoms. The number of hydrogen-bond donors (Lipinski definition) is 1. The van der Waals surface area contributed by atoms with Crippen LogP contribution in [0, 0.1) is 11.8 Å². The van der Waals surface area contributed by atoms with Gasteiger partial charge < -0.3 is 19.7 Å². The predicted molar refractivity (Wildman–Crippen MR) is 123 cm³/mol. The van der Waals surface area contributed by atoms with Crippen molar-refractivity contribution < 1.29 is 19.1 Å². The molecule has 1 aromatic carbocycles. The van der Waals surface area contributed by atoms with Crippen molar-refractivity contribution in [2.24, 2.45) is 11.8 Å². The van der Waals surface area contributed by atoms with E-state index in [0.29, 0.717) is 25.7 Å². The Kier molecular flexibility index (Phi) is 6.47. The lowest BCUT2D eigenvalue weighted by atomic mass is 9.75. The van der Waals surface area contributed by atoms with Crippen molar-refractivity contribution in [2.45, 2.75) is 52.0 Å². The normalized spacial score (nSPS) is 24.7. The fourth-order valence-electron chi connectivity index (χ4n) is 5.45. The first-order chi connectivity index (χ1) is 15.3. The molecule has 2 saturated heterocycles. The van der Waals surface area contributed by atoms with Gasteiger partial charge in [-0.2, -0.15) is 0 Å². The molecule has 1 aromatic rings. The number of piperidine rings is 1. The Morgan fingerprint density at radius 1 is 1.25 bits per heavy atom. The topological polar surface area (TPSA) is 71.1 Å². The average Bonchev–Trinajstić information content (AvgIpc) is 3.32. The van der Waals surface area contributed by atoms with Crippen molar-refractivity contribution in [1.82, 2.24) is 15.1 Å². The third-order valence-electron chi connectivity index (χ3n) is 7.06. The van der Waals surface area contributed by atoms with Crippen molar-refractivity contribution in [3.8, 4) is 11.5 Å². The molecule has 7 nitrogen and oxygen atoms in total. The van der Waals surface area contributed by atoms with Gasteiger partial charge in [-0.3, -0.25) is 9.69 Å². The van der Waals surface area contributed by atoms with Crippen molar-refractivity contribution in [2.75, 3.05) is 33.0 Å². The van der Waals surface area contributed by atoms with E-state index in [2.05, 4.69) is 35.9 Å². The standard InChI is InChI=1S/C25H35N3O4/c1-5-25(23(29)28(14-17(2)3)24(30)26-25)20-8-10-27(11-9-20)15-18(4)12-19-6-7-21-22(13-19)32-16-31-21/h6-7,13,18,20H,2,5,8-12,14-16H2,1,3-4H3,(H,26,30)/t18-,25+/m1/s1. The minimum Gasteiger partial charge on any atom is -0.454 e. The van der Waals surface area contributed by atoms with Crippen molar-refractivity contribution in [1.29, 1.82) is 0 Å². The van der Waals surface area contributed by atoms with Crippen LogP contribution < -0.4 is 14.8 Å². The Labute approximate surface area is 190 Å². The van der Waals surface area contributed by atoms with Gasteiger partial charge in [-0.15, -0.1) is 0 Å². The monoisotopic (exact) mass is 441 g/mol. The molecule has 32 heavy (non-hydrogen) atoms. The Hall–Kier alpha value is -2.54. The van der Waals surface area contributed by atoms with Crippen LogP contribution in [0.1, 0.15) is 45.6 Å². The smallest absolute Gasteiger partial charge is 0.325 e. The van der Waals surface area contributed by atoms with Crippen LogP contribution in [0.15, 0.2) is 30.4 Å². The maximum absolute atomic E-state index is 13.2. The summed E-state index contributed by atoms with van der Waals surface area (Å²) >= 11 is 0. The van der Waals surface area contributed by atoms with E-state index < -0.39 is 5.54 Å². The molecule has 0 unspecified atom stereocenters. The lowest BCUT2D eigenvalue weighted by molar-refractivity contribution is -0.134. The second kappa shape index (κ2) is 9.14. The Morgan fingerprint density at radius 3 is 2.66 bits per heavy atom. The molecule has 3 aliphatic heterocycles. The molecule has 1 N–H and O–H groups in total. The maximum Gasteiger partial charge on any atom is 0.325 e. The van der Waals surface area contributed by atoms with Crippen LogP contribution in [0.2, 0.25) is 0 Å². The predicted octanol–water partition coefficient (Wildman–Crippen LogP) is 3.58. The number of rotatable bonds is 8. The van der Waals surface area contributed by atoms with E-state index in [1.54, 1.807) is 0 Å². The molecule has 3 heterocycles. The molecular formula is C25H35N3O4. The Morgan fingerprint density at radius 2 is 1.97 bits per heavy atom. The van der Waals surface area contributed by atoms with Crippen LogP contribution in [-0.4, -0.2) is 60.2 Å². The van der Waals surface area contributed by atoms with Crippen LogP contribution in [0.4, 0.5) is 4.79 Å². The zero-order valence-electron chi connectivity index (χ0n) is 19.5. The van der Waals surface area contributed by atoms with Gasteiger partial charge in [-0.05, 0) is 75.2 Å². The van der Waals surface area contributed by atoms with Gasteiger partial charge in [0.1, 0.15) is 5.54 Å². The number of nitrogens with one attached hydrogen (secondary N) is 1. The highest BCUT2D eigenvalue weighted by Gasteiger charge is 2.54. The first-order valence-corrected chi connectivity index (χ1v) is 11.7. The van der Waals surface area contributed by atoms with E-state index >= 15 is 0 Å². The number of fused-ring (bicyclic) bond motifs is 1. The quantitative estimate of drug-likeness (QED) is 0.493. The number of hydrogen-bond acceptors (Lipinski definition) is 5. The summed E-state index contributed by atoms with van der Waals surface area (Å²) in [5.41, 5.74) is 1.31. The van der Waals surface area contributed by atoms with E-state index in [-0.39, 0.29) is 17.9 Å². The molecule has 7 heteroatoms. The Balaban J connectivity index is 1.32. The second-order valence-corrected chi connectivity index (χ2v) is 9.68. The molecule has 0 saturated carbocycles. The zero-order chi connectivity index (χ0) is 22.9. The molecule has 0 aromatic heterocycles. The van der Waals surface area contributed by atoms with Gasteiger partial charge in [0.2, 0.25) is 6.79 Å². The van der Waals surface area contributed by atoms with E-state index in [0.717, 1.165) is 56.0 Å². The third kappa shape index (κ3) is 4.35. The summed E-state index contributed by atoms with van der Waals surface area (Å²) < 4.78 is 10.9. The second-order valence-electron chi connectivity index (χ2n) is 9.68. The minimum absolute atomic E-state index is 0.0809. The van der Waals surface area contributed by atoms with Gasteiger partial charge in [-0.25, -0.2) is 4.79 Å². The van der Waals surface area contributed by atoms with Crippen LogP contribution in [-0.2, 0) is 11.2 Å². The number of likely N-dealkylation sites (tertiary alicyclic amines) is 1.